The summed E-state index contributed by atoms with van der Waals surface area (Å²) in [7, 11) is 0. The number of cyclic esters (lactones) is 1. The van der Waals surface area contributed by atoms with Gasteiger partial charge in [0.1, 0.15) is 23.7 Å². The number of fused-ring (bicyclic) bond motifs is 1. The molecule has 0 radical (unpaired) electrons. The summed E-state index contributed by atoms with van der Waals surface area (Å²) < 4.78 is 17.4. The minimum atomic E-state index is -0.665. The van der Waals surface area contributed by atoms with Crippen molar-refractivity contribution in [2.75, 3.05) is 0 Å². The fourth-order valence-electron chi connectivity index (χ4n) is 1.19. The molecule has 0 spiro atoms. The van der Waals surface area contributed by atoms with Crippen molar-refractivity contribution in [1.82, 2.24) is 0 Å². The molecule has 1 aliphatic rings. The Morgan fingerprint density at radius 1 is 1.50 bits per heavy atom. The molecule has 12 heavy (non-hydrogen) atoms. The minimum absolute atomic E-state index is 0.0463. The molecule has 1 aliphatic heterocycles. The quantitative estimate of drug-likeness (QED) is 0.592. The van der Waals surface area contributed by atoms with Crippen molar-refractivity contribution >= 4 is 5.97 Å². The monoisotopic (exact) mass is 168 g/mol. The summed E-state index contributed by atoms with van der Waals surface area (Å²) in [5.74, 6) is -1.41. The number of hydrogen-bond donors (Lipinski definition) is 1. The number of hydrogen-bond acceptors (Lipinski definition) is 3. The first-order valence-corrected chi connectivity index (χ1v) is 3.37. The van der Waals surface area contributed by atoms with Gasteiger partial charge in [-0.1, -0.05) is 0 Å². The standard InChI is InChI=1S/C8H5FO3/c9-5-1-2-6(10)7-4(5)3-12-8(7)11/h1-2,10H,3H2. The number of phenolic OH excluding ortho intramolecular Hbond substituents is 1. The van der Waals surface area contributed by atoms with Crippen LogP contribution in [0.15, 0.2) is 12.1 Å². The zero-order valence-electron chi connectivity index (χ0n) is 6.00. The molecule has 0 bridgehead atoms. The average molecular weight is 168 g/mol. The number of carbonyl (C=O) groups excluding carboxylic acids is 1. The predicted molar refractivity (Wildman–Crippen MR) is 37.2 cm³/mol. The van der Waals surface area contributed by atoms with Gasteiger partial charge in [-0.2, -0.15) is 0 Å². The van der Waals surface area contributed by atoms with Crippen molar-refractivity contribution in [3.05, 3.63) is 29.1 Å². The Balaban J connectivity index is 2.72. The van der Waals surface area contributed by atoms with Crippen molar-refractivity contribution in [1.29, 1.82) is 0 Å². The van der Waals surface area contributed by atoms with E-state index in [9.17, 15) is 9.18 Å². The smallest absolute Gasteiger partial charge is 0.342 e. The number of aromatic hydroxyl groups is 1. The summed E-state index contributed by atoms with van der Waals surface area (Å²) in [6, 6.07) is 2.25. The van der Waals surface area contributed by atoms with E-state index in [2.05, 4.69) is 4.74 Å². The van der Waals surface area contributed by atoms with E-state index in [1.165, 1.54) is 0 Å². The Hall–Kier alpha value is -1.58. The molecule has 0 fully saturated rings. The fraction of sp³-hybridized carbons (Fsp3) is 0.125. The molecule has 0 aromatic heterocycles. The maximum Gasteiger partial charge on any atom is 0.342 e. The van der Waals surface area contributed by atoms with Gasteiger partial charge in [-0.05, 0) is 12.1 Å². The van der Waals surface area contributed by atoms with Crippen molar-refractivity contribution < 1.29 is 19.0 Å². The molecule has 0 atom stereocenters. The highest BCUT2D eigenvalue weighted by molar-refractivity contribution is 5.96. The lowest BCUT2D eigenvalue weighted by molar-refractivity contribution is 0.0532. The van der Waals surface area contributed by atoms with E-state index < -0.39 is 11.8 Å². The highest BCUT2D eigenvalue weighted by Gasteiger charge is 2.27. The van der Waals surface area contributed by atoms with E-state index in [0.29, 0.717) is 0 Å². The maximum absolute atomic E-state index is 12.9. The molecule has 62 valence electrons. The summed E-state index contributed by atoms with van der Waals surface area (Å²) in [4.78, 5) is 10.9. The number of esters is 1. The predicted octanol–water partition coefficient (Wildman–Crippen LogP) is 1.20. The van der Waals surface area contributed by atoms with Crippen LogP contribution in [0.3, 0.4) is 0 Å². The number of rotatable bonds is 0. The molecule has 1 N–H and O–H groups in total. The lowest BCUT2D eigenvalue weighted by Gasteiger charge is -1.97. The number of phenols is 1. The Kier molecular flexibility index (Phi) is 1.30. The molecule has 3 nitrogen and oxygen atoms in total. The van der Waals surface area contributed by atoms with Gasteiger partial charge in [0.05, 0.1) is 0 Å². The third kappa shape index (κ3) is 0.777. The van der Waals surface area contributed by atoms with Crippen LogP contribution < -0.4 is 0 Å². The lowest BCUT2D eigenvalue weighted by Crippen LogP contribution is -1.94. The summed E-state index contributed by atoms with van der Waals surface area (Å²) >= 11 is 0. The van der Waals surface area contributed by atoms with Gasteiger partial charge in [-0.25, -0.2) is 9.18 Å². The molecule has 0 saturated carbocycles. The van der Waals surface area contributed by atoms with Gasteiger partial charge in [-0.3, -0.25) is 0 Å². The van der Waals surface area contributed by atoms with Gasteiger partial charge < -0.3 is 9.84 Å². The molecular weight excluding hydrogens is 163 g/mol. The molecule has 2 rings (SSSR count). The van der Waals surface area contributed by atoms with Crippen LogP contribution in [-0.2, 0) is 11.3 Å². The third-order valence-corrected chi connectivity index (χ3v) is 1.79. The SMILES string of the molecule is O=C1OCc2c(F)ccc(O)c21. The van der Waals surface area contributed by atoms with E-state index >= 15 is 0 Å². The van der Waals surface area contributed by atoms with E-state index in [1.54, 1.807) is 0 Å². The van der Waals surface area contributed by atoms with Crippen LogP contribution in [0, 0.1) is 5.82 Å². The normalized spacial score (nSPS) is 14.2. The fourth-order valence-corrected chi connectivity index (χ4v) is 1.19. The van der Waals surface area contributed by atoms with Crippen molar-refractivity contribution in [2.24, 2.45) is 0 Å². The first-order chi connectivity index (χ1) is 5.70. The second-order valence-electron chi connectivity index (χ2n) is 2.50. The Labute approximate surface area is 67.4 Å². The van der Waals surface area contributed by atoms with Crippen LogP contribution in [-0.4, -0.2) is 11.1 Å². The highest BCUT2D eigenvalue weighted by Crippen LogP contribution is 2.29. The average Bonchev–Trinajstić information content (AvgIpc) is 2.42. The second kappa shape index (κ2) is 2.20. The minimum Gasteiger partial charge on any atom is -0.507 e. The molecule has 0 saturated heterocycles. The summed E-state index contributed by atoms with van der Waals surface area (Å²) in [5, 5.41) is 9.16. The van der Waals surface area contributed by atoms with Gasteiger partial charge >= 0.3 is 5.97 Å². The number of ether oxygens (including phenoxy) is 1. The molecule has 4 heteroatoms. The van der Waals surface area contributed by atoms with Crippen molar-refractivity contribution in [2.45, 2.75) is 6.61 Å². The van der Waals surface area contributed by atoms with Crippen LogP contribution in [0.5, 0.6) is 5.75 Å². The Morgan fingerprint density at radius 3 is 2.92 bits per heavy atom. The van der Waals surface area contributed by atoms with E-state index in [-0.39, 0.29) is 23.5 Å². The van der Waals surface area contributed by atoms with Crippen LogP contribution in [0.2, 0.25) is 0 Å². The van der Waals surface area contributed by atoms with Gasteiger partial charge in [0.25, 0.3) is 0 Å². The van der Waals surface area contributed by atoms with Crippen molar-refractivity contribution in [3.63, 3.8) is 0 Å². The first kappa shape index (κ1) is 7.09. The number of carbonyl (C=O) groups is 1. The maximum atomic E-state index is 12.9. The summed E-state index contributed by atoms with van der Waals surface area (Å²) in [6.07, 6.45) is 0. The zero-order valence-corrected chi connectivity index (χ0v) is 6.00. The zero-order chi connectivity index (χ0) is 8.72. The van der Waals surface area contributed by atoms with Gasteiger partial charge in [0.15, 0.2) is 0 Å². The van der Waals surface area contributed by atoms with Crippen molar-refractivity contribution in [3.8, 4) is 5.75 Å². The molecule has 1 heterocycles. The summed E-state index contributed by atoms with van der Waals surface area (Å²) in [6.45, 7) is -0.0889. The van der Waals surface area contributed by atoms with Crippen LogP contribution in [0.1, 0.15) is 15.9 Å². The van der Waals surface area contributed by atoms with Gasteiger partial charge in [0.2, 0.25) is 0 Å². The second-order valence-corrected chi connectivity index (χ2v) is 2.50. The van der Waals surface area contributed by atoms with E-state index in [4.69, 9.17) is 5.11 Å². The molecular formula is C8H5FO3. The van der Waals surface area contributed by atoms with Gasteiger partial charge in [-0.15, -0.1) is 0 Å². The Morgan fingerprint density at radius 2 is 2.25 bits per heavy atom. The largest absolute Gasteiger partial charge is 0.507 e. The summed E-state index contributed by atoms with van der Waals surface area (Å²) in [5.41, 5.74) is 0.0926. The lowest BCUT2D eigenvalue weighted by atomic mass is 10.1. The van der Waals surface area contributed by atoms with E-state index in [1.807, 2.05) is 0 Å². The topological polar surface area (TPSA) is 46.5 Å². The number of halogens is 1. The molecule has 0 aliphatic carbocycles. The number of benzene rings is 1. The molecule has 0 unspecified atom stereocenters. The third-order valence-electron chi connectivity index (χ3n) is 1.79. The first-order valence-electron chi connectivity index (χ1n) is 3.37. The van der Waals surface area contributed by atoms with Crippen LogP contribution in [0.25, 0.3) is 0 Å². The highest BCUT2D eigenvalue weighted by atomic mass is 19.1. The molecule has 0 amide bonds. The van der Waals surface area contributed by atoms with Gasteiger partial charge in [0, 0.05) is 5.56 Å². The van der Waals surface area contributed by atoms with Crippen LogP contribution in [0.4, 0.5) is 4.39 Å². The molecule has 1 aromatic rings. The Bertz CT molecular complexity index is 360. The van der Waals surface area contributed by atoms with Crippen LogP contribution >= 0.6 is 0 Å². The van der Waals surface area contributed by atoms with E-state index in [0.717, 1.165) is 12.1 Å². The molecule has 1 aromatic carbocycles.